The van der Waals surface area contributed by atoms with Crippen LogP contribution in [0.25, 0.3) is 0 Å². The van der Waals surface area contributed by atoms with E-state index in [1.165, 1.54) is 0 Å². The molecule has 3 nitrogen and oxygen atoms in total. The number of alkyl halides is 2. The summed E-state index contributed by atoms with van der Waals surface area (Å²) in [6.45, 7) is -2.90. The van der Waals surface area contributed by atoms with Gasteiger partial charge in [0.25, 0.3) is 5.91 Å². The molecule has 5 heteroatoms. The number of ether oxygens (including phenoxy) is 1. The normalized spacial score (nSPS) is 19.6. The molecule has 1 aliphatic heterocycles. The van der Waals surface area contributed by atoms with E-state index in [1.807, 2.05) is 0 Å². The van der Waals surface area contributed by atoms with Crippen molar-refractivity contribution in [1.82, 2.24) is 5.32 Å². The number of nitrogens with one attached hydrogen (secondary N) is 1. The fourth-order valence-corrected chi connectivity index (χ4v) is 1.42. The Balaban J connectivity index is 2.30. The predicted octanol–water partition coefficient (Wildman–Crippen LogP) is 1.67. The molecule has 0 aromatic heterocycles. The van der Waals surface area contributed by atoms with Gasteiger partial charge in [-0.25, -0.2) is 0 Å². The summed E-state index contributed by atoms with van der Waals surface area (Å²) in [5, 5.41) is 2.31. The Kier molecular flexibility index (Phi) is 2.17. The average Bonchev–Trinajstić information content (AvgIpc) is 2.44. The molecule has 1 amide bonds. The van der Waals surface area contributed by atoms with Crippen LogP contribution >= 0.6 is 0 Å². The molecule has 1 aliphatic rings. The number of amides is 1. The van der Waals surface area contributed by atoms with E-state index >= 15 is 0 Å². The summed E-state index contributed by atoms with van der Waals surface area (Å²) in [7, 11) is 0. The lowest BCUT2D eigenvalue weighted by atomic mass is 10.1. The molecule has 2 rings (SSSR count). The number of carbonyl (C=O) groups is 1. The minimum absolute atomic E-state index is 0.383. The third-order valence-corrected chi connectivity index (χ3v) is 1.99. The lowest BCUT2D eigenvalue weighted by Gasteiger charge is -2.11. The molecule has 0 bridgehead atoms. The SMILES string of the molecule is O=C1NC(OC(F)F)c2ccccc21. The standard InChI is InChI=1S/C9H7F2NO2/c10-9(11)14-8-6-4-2-1-3-5(6)7(13)12-8/h1-4,8-9H,(H,12,13). The van der Waals surface area contributed by atoms with Gasteiger partial charge in [0.2, 0.25) is 0 Å². The van der Waals surface area contributed by atoms with Gasteiger partial charge in [0.15, 0.2) is 6.23 Å². The molecular formula is C9H7F2NO2. The highest BCUT2D eigenvalue weighted by Gasteiger charge is 2.30. The van der Waals surface area contributed by atoms with Gasteiger partial charge in [0.05, 0.1) is 0 Å². The lowest BCUT2D eigenvalue weighted by molar-refractivity contribution is -0.168. The first kappa shape index (κ1) is 9.08. The number of rotatable bonds is 2. The van der Waals surface area contributed by atoms with E-state index < -0.39 is 12.8 Å². The van der Waals surface area contributed by atoms with Crippen molar-refractivity contribution in [1.29, 1.82) is 0 Å². The van der Waals surface area contributed by atoms with Crippen LogP contribution in [0.5, 0.6) is 0 Å². The van der Waals surface area contributed by atoms with Gasteiger partial charge in [-0.3, -0.25) is 9.53 Å². The van der Waals surface area contributed by atoms with Crippen molar-refractivity contribution in [3.8, 4) is 0 Å². The molecule has 0 spiro atoms. The molecule has 0 radical (unpaired) electrons. The van der Waals surface area contributed by atoms with Crippen LogP contribution < -0.4 is 5.32 Å². The largest absolute Gasteiger partial charge is 0.347 e. The molecule has 74 valence electrons. The van der Waals surface area contributed by atoms with Gasteiger partial charge in [-0.05, 0) is 6.07 Å². The van der Waals surface area contributed by atoms with E-state index in [-0.39, 0.29) is 5.91 Å². The molecule has 1 aromatic rings. The first-order valence-corrected chi connectivity index (χ1v) is 4.02. The van der Waals surface area contributed by atoms with E-state index in [1.54, 1.807) is 24.3 Å². The Labute approximate surface area is 78.7 Å². The van der Waals surface area contributed by atoms with Crippen molar-refractivity contribution in [2.75, 3.05) is 0 Å². The number of fused-ring (bicyclic) bond motifs is 1. The number of hydrogen-bond donors (Lipinski definition) is 1. The molecule has 0 saturated carbocycles. The Bertz CT molecular complexity index is 368. The van der Waals surface area contributed by atoms with Crippen LogP contribution in [0.3, 0.4) is 0 Å². The summed E-state index contributed by atoms with van der Waals surface area (Å²) >= 11 is 0. The van der Waals surface area contributed by atoms with E-state index in [2.05, 4.69) is 10.1 Å². The van der Waals surface area contributed by atoms with E-state index in [9.17, 15) is 13.6 Å². The van der Waals surface area contributed by atoms with Gasteiger partial charge >= 0.3 is 6.61 Å². The third-order valence-electron chi connectivity index (χ3n) is 1.99. The summed E-state index contributed by atoms with van der Waals surface area (Å²) in [5.74, 6) is -0.383. The van der Waals surface area contributed by atoms with Crippen LogP contribution in [0.15, 0.2) is 24.3 Å². The summed E-state index contributed by atoms with van der Waals surface area (Å²) < 4.78 is 28.1. The van der Waals surface area contributed by atoms with E-state index in [4.69, 9.17) is 0 Å². The Morgan fingerprint density at radius 2 is 2.07 bits per heavy atom. The molecule has 14 heavy (non-hydrogen) atoms. The van der Waals surface area contributed by atoms with Crippen molar-refractivity contribution in [3.63, 3.8) is 0 Å². The Morgan fingerprint density at radius 1 is 1.36 bits per heavy atom. The first-order valence-electron chi connectivity index (χ1n) is 4.02. The van der Waals surface area contributed by atoms with Crippen LogP contribution in [0.1, 0.15) is 22.1 Å². The number of halogens is 2. The monoisotopic (exact) mass is 199 g/mol. The van der Waals surface area contributed by atoms with Gasteiger partial charge < -0.3 is 5.32 Å². The summed E-state index contributed by atoms with van der Waals surface area (Å²) in [4.78, 5) is 11.2. The van der Waals surface area contributed by atoms with Crippen molar-refractivity contribution < 1.29 is 18.3 Å². The van der Waals surface area contributed by atoms with Crippen LogP contribution in [0.2, 0.25) is 0 Å². The quantitative estimate of drug-likeness (QED) is 0.786. The number of carbonyl (C=O) groups excluding carboxylic acids is 1. The predicted molar refractivity (Wildman–Crippen MR) is 43.7 cm³/mol. The summed E-state index contributed by atoms with van der Waals surface area (Å²) in [6, 6.07) is 6.49. The highest BCUT2D eigenvalue weighted by atomic mass is 19.3. The zero-order chi connectivity index (χ0) is 10.1. The highest BCUT2D eigenvalue weighted by Crippen LogP contribution is 2.27. The van der Waals surface area contributed by atoms with Crippen LogP contribution in [-0.4, -0.2) is 12.5 Å². The fourth-order valence-electron chi connectivity index (χ4n) is 1.42. The number of benzene rings is 1. The fraction of sp³-hybridized carbons (Fsp3) is 0.222. The van der Waals surface area contributed by atoms with Gasteiger partial charge in [-0.1, -0.05) is 18.2 Å². The van der Waals surface area contributed by atoms with Gasteiger partial charge in [0, 0.05) is 11.1 Å². The van der Waals surface area contributed by atoms with Gasteiger partial charge in [0.1, 0.15) is 0 Å². The zero-order valence-electron chi connectivity index (χ0n) is 7.04. The third kappa shape index (κ3) is 1.46. The molecule has 1 unspecified atom stereocenters. The first-order chi connectivity index (χ1) is 6.68. The second-order valence-electron chi connectivity index (χ2n) is 2.84. The maximum absolute atomic E-state index is 11.9. The van der Waals surface area contributed by atoms with Crippen LogP contribution in [0, 0.1) is 0 Å². The summed E-state index contributed by atoms with van der Waals surface area (Å²) in [6.07, 6.45) is -1.03. The van der Waals surface area contributed by atoms with Crippen molar-refractivity contribution >= 4 is 5.91 Å². The average molecular weight is 199 g/mol. The lowest BCUT2D eigenvalue weighted by Crippen LogP contribution is -2.22. The molecule has 0 aliphatic carbocycles. The second kappa shape index (κ2) is 3.34. The smallest absolute Gasteiger partial charge is 0.322 e. The van der Waals surface area contributed by atoms with Crippen molar-refractivity contribution in [3.05, 3.63) is 35.4 Å². The van der Waals surface area contributed by atoms with Gasteiger partial charge in [-0.2, -0.15) is 8.78 Å². The Hall–Kier alpha value is -1.49. The molecule has 0 saturated heterocycles. The van der Waals surface area contributed by atoms with E-state index in [0.717, 1.165) is 0 Å². The van der Waals surface area contributed by atoms with Crippen LogP contribution in [-0.2, 0) is 4.74 Å². The maximum atomic E-state index is 11.9. The zero-order valence-corrected chi connectivity index (χ0v) is 7.04. The highest BCUT2D eigenvalue weighted by molar-refractivity contribution is 5.98. The van der Waals surface area contributed by atoms with Crippen molar-refractivity contribution in [2.45, 2.75) is 12.8 Å². The Morgan fingerprint density at radius 3 is 2.79 bits per heavy atom. The molecular weight excluding hydrogens is 192 g/mol. The molecule has 1 aromatic carbocycles. The van der Waals surface area contributed by atoms with Gasteiger partial charge in [-0.15, -0.1) is 0 Å². The minimum atomic E-state index is -2.90. The van der Waals surface area contributed by atoms with Crippen molar-refractivity contribution in [2.24, 2.45) is 0 Å². The minimum Gasteiger partial charge on any atom is -0.322 e. The molecule has 1 atom stereocenters. The molecule has 1 heterocycles. The topological polar surface area (TPSA) is 38.3 Å². The summed E-state index contributed by atoms with van der Waals surface area (Å²) in [5.41, 5.74) is 0.843. The number of hydrogen-bond acceptors (Lipinski definition) is 2. The van der Waals surface area contributed by atoms with Crippen LogP contribution in [0.4, 0.5) is 8.78 Å². The molecule has 0 fully saturated rings. The second-order valence-corrected chi connectivity index (χ2v) is 2.84. The molecule has 1 N–H and O–H groups in total. The maximum Gasteiger partial charge on any atom is 0.347 e. The van der Waals surface area contributed by atoms with E-state index in [0.29, 0.717) is 11.1 Å².